The third kappa shape index (κ3) is 5.45. The van der Waals surface area contributed by atoms with Crippen LogP contribution in [0.3, 0.4) is 0 Å². The highest BCUT2D eigenvalue weighted by atomic mass is 31.0. The van der Waals surface area contributed by atoms with Gasteiger partial charge in [0.15, 0.2) is 0 Å². The van der Waals surface area contributed by atoms with Crippen LogP contribution >= 0.6 is 9.24 Å². The van der Waals surface area contributed by atoms with Crippen LogP contribution in [-0.4, -0.2) is 51.3 Å². The molecule has 0 aliphatic rings. The van der Waals surface area contributed by atoms with Gasteiger partial charge in [-0.2, -0.15) is 0 Å². The molecule has 6 aromatic rings. The molecule has 1 unspecified atom stereocenters. The van der Waals surface area contributed by atoms with Gasteiger partial charge in [0.2, 0.25) is 5.60 Å². The third-order valence-electron chi connectivity index (χ3n) is 6.56. The summed E-state index contributed by atoms with van der Waals surface area (Å²) in [5.74, 6) is 0. The number of hydrogen-bond donors (Lipinski definition) is 0. The fourth-order valence-electron chi connectivity index (χ4n) is 4.66. The molecule has 40 heavy (non-hydrogen) atoms. The molecule has 0 saturated heterocycles. The molecule has 3 heterocycles. The lowest BCUT2D eigenvalue weighted by Gasteiger charge is -2.27. The molecule has 1 atom stereocenters. The number of nitrogens with zero attached hydrogens (tertiary/aromatic N) is 9. The van der Waals surface area contributed by atoms with E-state index in [0.29, 0.717) is 43.1 Å². The van der Waals surface area contributed by atoms with E-state index in [0.717, 1.165) is 16.7 Å². The van der Waals surface area contributed by atoms with Crippen molar-refractivity contribution in [3.8, 4) is 0 Å². The van der Waals surface area contributed by atoms with Crippen LogP contribution in [-0.2, 0) is 30.0 Å². The molecule has 11 heteroatoms. The second kappa shape index (κ2) is 11.7. The molecule has 6 rings (SSSR count). The van der Waals surface area contributed by atoms with Crippen molar-refractivity contribution in [2.45, 2.75) is 25.2 Å². The first kappa shape index (κ1) is 25.7. The lowest BCUT2D eigenvalue weighted by molar-refractivity contribution is 0.0354. The Bertz CT molecular complexity index is 1460. The maximum absolute atomic E-state index is 6.49. The van der Waals surface area contributed by atoms with Crippen molar-refractivity contribution in [1.82, 2.24) is 45.0 Å². The summed E-state index contributed by atoms with van der Waals surface area (Å²) in [6, 6.07) is 30.3. The highest BCUT2D eigenvalue weighted by Gasteiger charge is 2.46. The van der Waals surface area contributed by atoms with Crippen LogP contribution in [0.5, 0.6) is 0 Å². The normalized spacial score (nSPS) is 11.6. The average Bonchev–Trinajstić information content (AvgIpc) is 3.76. The van der Waals surface area contributed by atoms with Crippen LogP contribution < -0.4 is 0 Å². The molecule has 10 nitrogen and oxygen atoms in total. The van der Waals surface area contributed by atoms with E-state index >= 15 is 0 Å². The van der Waals surface area contributed by atoms with Crippen LogP contribution in [0.4, 0.5) is 0 Å². The van der Waals surface area contributed by atoms with E-state index in [-0.39, 0.29) is 0 Å². The van der Waals surface area contributed by atoms with Gasteiger partial charge in [0.25, 0.3) is 0 Å². The van der Waals surface area contributed by atoms with E-state index < -0.39 is 5.60 Å². The second-order valence-electron chi connectivity index (χ2n) is 9.35. The van der Waals surface area contributed by atoms with Crippen molar-refractivity contribution in [3.05, 3.63) is 143 Å². The van der Waals surface area contributed by atoms with E-state index in [1.165, 1.54) is 0 Å². The minimum Gasteiger partial charge on any atom is -0.352 e. The molecule has 3 aromatic carbocycles. The summed E-state index contributed by atoms with van der Waals surface area (Å²) in [7, 11) is 2.62. The van der Waals surface area contributed by atoms with Gasteiger partial charge < -0.3 is 4.74 Å². The number of aromatic nitrogens is 9. The Labute approximate surface area is 233 Å². The predicted molar refractivity (Wildman–Crippen MR) is 152 cm³/mol. The molecule has 0 radical (unpaired) electrons. The van der Waals surface area contributed by atoms with Gasteiger partial charge in [0.1, 0.15) is 17.1 Å². The van der Waals surface area contributed by atoms with Gasteiger partial charge in [-0.3, -0.25) is 0 Å². The van der Waals surface area contributed by atoms with Crippen molar-refractivity contribution in [3.63, 3.8) is 0 Å². The summed E-state index contributed by atoms with van der Waals surface area (Å²) in [6.45, 7) is 1.69. The van der Waals surface area contributed by atoms with E-state index in [2.05, 4.69) is 76.6 Å². The monoisotopic (exact) mass is 549 g/mol. The Hall–Kier alpha value is -4.53. The SMILES string of the molecule is PCOC(c1cn(Cc2ccccc2)nn1)(c1cn(Cc2ccccc2)nn1)c1cn(Cc2ccccc2)nn1. The molecule has 0 fully saturated rings. The zero-order valence-corrected chi connectivity index (χ0v) is 22.9. The van der Waals surface area contributed by atoms with Gasteiger partial charge in [-0.15, -0.1) is 24.5 Å². The Morgan fingerprint density at radius 3 is 1.15 bits per heavy atom. The van der Waals surface area contributed by atoms with Crippen molar-refractivity contribution >= 4 is 9.24 Å². The van der Waals surface area contributed by atoms with E-state index in [4.69, 9.17) is 4.74 Å². The largest absolute Gasteiger partial charge is 0.352 e. The Morgan fingerprint density at radius 2 is 0.850 bits per heavy atom. The molecular weight excluding hydrogens is 521 g/mol. The van der Waals surface area contributed by atoms with Crippen LogP contribution in [0.1, 0.15) is 33.8 Å². The first-order valence-corrected chi connectivity index (χ1v) is 13.7. The molecule has 200 valence electrons. The maximum Gasteiger partial charge on any atom is 0.204 e. The van der Waals surface area contributed by atoms with Crippen molar-refractivity contribution < 1.29 is 4.74 Å². The van der Waals surface area contributed by atoms with Crippen molar-refractivity contribution in [1.29, 1.82) is 0 Å². The average molecular weight is 550 g/mol. The summed E-state index contributed by atoms with van der Waals surface area (Å²) in [6.07, 6.45) is 5.92. The molecule has 0 N–H and O–H groups in total. The zero-order valence-electron chi connectivity index (χ0n) is 21.7. The topological polar surface area (TPSA) is 101 Å². The number of benzene rings is 3. The first-order chi connectivity index (χ1) is 19.7. The fraction of sp³-hybridized carbons (Fsp3) is 0.172. The molecule has 0 spiro atoms. The lowest BCUT2D eigenvalue weighted by Crippen LogP contribution is -2.34. The highest BCUT2D eigenvalue weighted by Crippen LogP contribution is 2.37. The van der Waals surface area contributed by atoms with Crippen molar-refractivity contribution in [2.24, 2.45) is 0 Å². The summed E-state index contributed by atoms with van der Waals surface area (Å²) < 4.78 is 11.9. The summed E-state index contributed by atoms with van der Waals surface area (Å²) in [5.41, 5.74) is 3.69. The number of hydrogen-bond acceptors (Lipinski definition) is 7. The van der Waals surface area contributed by atoms with Crippen LogP contribution in [0.15, 0.2) is 110 Å². The third-order valence-corrected chi connectivity index (χ3v) is 6.73. The summed E-state index contributed by atoms with van der Waals surface area (Å²) in [5, 5.41) is 27.0. The summed E-state index contributed by atoms with van der Waals surface area (Å²) in [4.78, 5) is 0. The number of rotatable bonds is 11. The van der Waals surface area contributed by atoms with E-state index in [1.54, 1.807) is 14.0 Å². The van der Waals surface area contributed by atoms with Gasteiger partial charge in [0.05, 0.1) is 44.6 Å². The van der Waals surface area contributed by atoms with E-state index in [1.807, 2.05) is 73.2 Å². The minimum atomic E-state index is -1.28. The molecule has 0 amide bonds. The van der Waals surface area contributed by atoms with Crippen LogP contribution in [0, 0.1) is 0 Å². The molecule has 0 saturated carbocycles. The fourth-order valence-corrected chi connectivity index (χ4v) is 4.91. The second-order valence-corrected chi connectivity index (χ2v) is 9.69. The van der Waals surface area contributed by atoms with Gasteiger partial charge in [0, 0.05) is 0 Å². The minimum absolute atomic E-state index is 0.294. The van der Waals surface area contributed by atoms with Gasteiger partial charge in [-0.1, -0.05) is 107 Å². The predicted octanol–water partition coefficient (Wildman–Crippen LogP) is 3.75. The highest BCUT2D eigenvalue weighted by molar-refractivity contribution is 7.16. The Morgan fingerprint density at radius 1 is 0.525 bits per heavy atom. The quantitative estimate of drug-likeness (QED) is 0.227. The van der Waals surface area contributed by atoms with Gasteiger partial charge >= 0.3 is 0 Å². The molecule has 0 bridgehead atoms. The lowest BCUT2D eigenvalue weighted by atomic mass is 9.92. The van der Waals surface area contributed by atoms with Gasteiger partial charge in [-0.05, 0) is 16.7 Å². The summed E-state index contributed by atoms with van der Waals surface area (Å²) >= 11 is 0. The maximum atomic E-state index is 6.49. The molecule has 0 aliphatic heterocycles. The van der Waals surface area contributed by atoms with Crippen LogP contribution in [0.25, 0.3) is 0 Å². The van der Waals surface area contributed by atoms with E-state index in [9.17, 15) is 0 Å². The van der Waals surface area contributed by atoms with Crippen molar-refractivity contribution in [2.75, 3.05) is 6.35 Å². The number of ether oxygens (including phenoxy) is 1. The standard InChI is InChI=1S/C29H28N9OP/c40-22-39-29(26-19-36(33-30-26)16-23-10-4-1-5-11-23,27-20-37(34-31-27)17-24-12-6-2-7-13-24)28-21-38(35-32-28)18-25-14-8-3-9-15-25/h1-15,19-21H,16-18,22,40H2. The molecule has 3 aromatic heterocycles. The molecule has 0 aliphatic carbocycles. The van der Waals surface area contributed by atoms with Gasteiger partial charge in [-0.25, -0.2) is 14.0 Å². The van der Waals surface area contributed by atoms with Crippen LogP contribution in [0.2, 0.25) is 0 Å². The Balaban J connectivity index is 1.41. The zero-order chi connectivity index (χ0) is 27.2. The first-order valence-electron chi connectivity index (χ1n) is 12.9. The molecular formula is C29H28N9OP. The Kier molecular flexibility index (Phi) is 7.52. The smallest absolute Gasteiger partial charge is 0.204 e.